The first-order chi connectivity index (χ1) is 11.1. The molecule has 0 saturated carbocycles. The van der Waals surface area contributed by atoms with E-state index in [1.165, 1.54) is 37.2 Å². The van der Waals surface area contributed by atoms with Gasteiger partial charge in [-0.2, -0.15) is 0 Å². The molecule has 0 saturated heterocycles. The summed E-state index contributed by atoms with van der Waals surface area (Å²) in [5.41, 5.74) is 0. The van der Waals surface area contributed by atoms with Gasteiger partial charge in [0, 0.05) is 19.0 Å². The third-order valence-corrected chi connectivity index (χ3v) is 3.83. The number of ether oxygens (including phenoxy) is 1. The number of carbonyl (C=O) groups is 3. The molecular weight excluding hydrogens is 314 g/mol. The molecule has 132 valence electrons. The Labute approximate surface area is 143 Å². The summed E-state index contributed by atoms with van der Waals surface area (Å²) in [6.07, 6.45) is 8.64. The van der Waals surface area contributed by atoms with Crippen molar-refractivity contribution in [2.45, 2.75) is 65.2 Å². The number of hydrogen-bond acceptors (Lipinski definition) is 5. The van der Waals surface area contributed by atoms with Gasteiger partial charge < -0.3 is 10.1 Å². The van der Waals surface area contributed by atoms with Gasteiger partial charge in [-0.3, -0.25) is 14.4 Å². The second-order valence-electron chi connectivity index (χ2n) is 5.16. The maximum Gasteiger partial charge on any atom is 0.306 e. The number of esters is 1. The van der Waals surface area contributed by atoms with Crippen molar-refractivity contribution < 1.29 is 19.1 Å². The number of nitrogens with one attached hydrogen (secondary N) is 1. The smallest absolute Gasteiger partial charge is 0.306 e. The zero-order valence-corrected chi connectivity index (χ0v) is 15.1. The Kier molecular flexibility index (Phi) is 14.7. The van der Waals surface area contributed by atoms with Gasteiger partial charge in [0.2, 0.25) is 5.91 Å². The summed E-state index contributed by atoms with van der Waals surface area (Å²) in [6.45, 7) is 4.89. The molecule has 5 nitrogen and oxygen atoms in total. The maximum absolute atomic E-state index is 11.5. The molecule has 0 unspecified atom stereocenters. The molecule has 23 heavy (non-hydrogen) atoms. The van der Waals surface area contributed by atoms with Crippen molar-refractivity contribution >= 4 is 28.8 Å². The molecule has 0 aliphatic rings. The molecule has 0 aromatic carbocycles. The van der Waals surface area contributed by atoms with Crippen LogP contribution in [0.3, 0.4) is 0 Å². The topological polar surface area (TPSA) is 72.5 Å². The minimum atomic E-state index is -0.373. The highest BCUT2D eigenvalue weighted by atomic mass is 32.2. The molecule has 0 rings (SSSR count). The monoisotopic (exact) mass is 343 g/mol. The van der Waals surface area contributed by atoms with Gasteiger partial charge in [0.25, 0.3) is 0 Å². The van der Waals surface area contributed by atoms with Crippen LogP contribution >= 0.6 is 11.8 Å². The minimum Gasteiger partial charge on any atom is -0.466 e. The van der Waals surface area contributed by atoms with E-state index < -0.39 is 0 Å². The number of thioether (sulfide) groups is 1. The third-order valence-electron chi connectivity index (χ3n) is 3.09. The fourth-order valence-corrected chi connectivity index (χ4v) is 2.41. The average Bonchev–Trinajstić information content (AvgIpc) is 2.52. The fraction of sp³-hybridized carbons (Fsp3) is 0.706. The first-order valence-electron chi connectivity index (χ1n) is 8.39. The predicted octanol–water partition coefficient (Wildman–Crippen LogP) is 3.58. The van der Waals surface area contributed by atoms with Gasteiger partial charge in [0.1, 0.15) is 0 Å². The molecule has 0 heterocycles. The lowest BCUT2D eigenvalue weighted by molar-refractivity contribution is -0.143. The van der Waals surface area contributed by atoms with E-state index >= 15 is 0 Å². The molecule has 0 aliphatic heterocycles. The summed E-state index contributed by atoms with van der Waals surface area (Å²) < 4.78 is 4.74. The van der Waals surface area contributed by atoms with Gasteiger partial charge in [0.15, 0.2) is 5.12 Å². The predicted molar refractivity (Wildman–Crippen MR) is 94.0 cm³/mol. The molecule has 0 aliphatic carbocycles. The van der Waals surface area contributed by atoms with Crippen LogP contribution in [-0.4, -0.2) is 30.1 Å². The first kappa shape index (κ1) is 21.7. The van der Waals surface area contributed by atoms with Crippen molar-refractivity contribution in [3.05, 3.63) is 11.5 Å². The van der Waals surface area contributed by atoms with Gasteiger partial charge in [-0.25, -0.2) is 0 Å². The highest BCUT2D eigenvalue weighted by Gasteiger charge is 2.07. The lowest BCUT2D eigenvalue weighted by atomic mass is 10.1. The van der Waals surface area contributed by atoms with Crippen molar-refractivity contribution in [3.8, 4) is 0 Å². The van der Waals surface area contributed by atoms with Crippen LogP contribution in [0.4, 0.5) is 0 Å². The Balaban J connectivity index is 3.60. The maximum atomic E-state index is 11.5. The van der Waals surface area contributed by atoms with E-state index in [1.807, 2.05) is 0 Å². The highest BCUT2D eigenvalue weighted by Crippen LogP contribution is 2.09. The molecule has 0 bridgehead atoms. The quantitative estimate of drug-likeness (QED) is 0.314. The third kappa shape index (κ3) is 15.4. The molecule has 0 radical (unpaired) electrons. The molecule has 1 amide bonds. The van der Waals surface area contributed by atoms with Crippen LogP contribution in [0.5, 0.6) is 0 Å². The van der Waals surface area contributed by atoms with Crippen LogP contribution in [0.2, 0.25) is 0 Å². The van der Waals surface area contributed by atoms with Crippen molar-refractivity contribution in [2.75, 3.05) is 13.2 Å². The van der Waals surface area contributed by atoms with E-state index in [-0.39, 0.29) is 29.8 Å². The van der Waals surface area contributed by atoms with Crippen molar-refractivity contribution in [1.29, 1.82) is 0 Å². The van der Waals surface area contributed by atoms with Gasteiger partial charge >= 0.3 is 5.97 Å². The Bertz CT molecular complexity index is 383. The van der Waals surface area contributed by atoms with Gasteiger partial charge in [0.05, 0.1) is 13.0 Å². The molecule has 1 N–H and O–H groups in total. The summed E-state index contributed by atoms with van der Waals surface area (Å²) >= 11 is 0.930. The number of unbranched alkanes of at least 4 members (excludes halogenated alkanes) is 5. The van der Waals surface area contributed by atoms with Crippen LogP contribution in [-0.2, 0) is 19.1 Å². The summed E-state index contributed by atoms with van der Waals surface area (Å²) in [5, 5.41) is 4.10. The van der Waals surface area contributed by atoms with Crippen LogP contribution in [0, 0.1) is 0 Å². The molecule has 0 atom stereocenters. The van der Waals surface area contributed by atoms with Gasteiger partial charge in [-0.1, -0.05) is 50.8 Å². The largest absolute Gasteiger partial charge is 0.466 e. The second kappa shape index (κ2) is 15.6. The second-order valence-corrected chi connectivity index (χ2v) is 6.12. The number of hydrogen-bond donors (Lipinski definition) is 1. The molecule has 0 aromatic heterocycles. The summed E-state index contributed by atoms with van der Waals surface area (Å²) in [6, 6.07) is 0. The van der Waals surface area contributed by atoms with Crippen LogP contribution < -0.4 is 5.32 Å². The fourth-order valence-electron chi connectivity index (χ4n) is 1.84. The molecule has 0 spiro atoms. The van der Waals surface area contributed by atoms with E-state index in [9.17, 15) is 14.4 Å². The van der Waals surface area contributed by atoms with Crippen LogP contribution in [0.15, 0.2) is 11.5 Å². The normalized spacial score (nSPS) is 10.7. The zero-order valence-electron chi connectivity index (χ0n) is 14.3. The van der Waals surface area contributed by atoms with E-state index in [2.05, 4.69) is 12.2 Å². The Hall–Kier alpha value is -1.30. The summed E-state index contributed by atoms with van der Waals surface area (Å²) in [5.74, 6) is -0.564. The van der Waals surface area contributed by atoms with E-state index in [0.717, 1.165) is 24.6 Å². The van der Waals surface area contributed by atoms with Crippen molar-refractivity contribution in [2.24, 2.45) is 0 Å². The van der Waals surface area contributed by atoms with Gasteiger partial charge in [-0.05, 0) is 18.8 Å². The van der Waals surface area contributed by atoms with E-state index in [4.69, 9.17) is 4.74 Å². The van der Waals surface area contributed by atoms with E-state index in [0.29, 0.717) is 13.2 Å². The average molecular weight is 343 g/mol. The lowest BCUT2D eigenvalue weighted by Gasteiger charge is -2.02. The number of rotatable bonds is 13. The highest BCUT2D eigenvalue weighted by molar-refractivity contribution is 8.16. The molecular formula is C17H29NO4S. The molecule has 6 heteroatoms. The van der Waals surface area contributed by atoms with E-state index in [1.54, 1.807) is 6.92 Å². The molecule has 0 aromatic rings. The van der Waals surface area contributed by atoms with Crippen molar-refractivity contribution in [1.82, 2.24) is 5.32 Å². The first-order valence-corrected chi connectivity index (χ1v) is 9.27. The van der Waals surface area contributed by atoms with Crippen molar-refractivity contribution in [3.63, 3.8) is 0 Å². The minimum absolute atomic E-state index is 0.0811. The number of amides is 1. The standard InChI is InChI=1S/C17H29NO4S/c1-3-5-6-7-8-9-13-18-15(19)12-14-23-17(21)11-10-16(20)22-4-2/h12,14H,3-11,13H2,1-2H3,(H,18,19). The zero-order chi connectivity index (χ0) is 17.3. The van der Waals surface area contributed by atoms with Crippen LogP contribution in [0.25, 0.3) is 0 Å². The van der Waals surface area contributed by atoms with Crippen LogP contribution in [0.1, 0.15) is 65.2 Å². The summed E-state index contributed by atoms with van der Waals surface area (Å²) in [7, 11) is 0. The van der Waals surface area contributed by atoms with Gasteiger partial charge in [-0.15, -0.1) is 0 Å². The summed E-state index contributed by atoms with van der Waals surface area (Å²) in [4.78, 5) is 34.1. The molecule has 0 fully saturated rings. The number of carbonyl (C=O) groups excluding carboxylic acids is 3. The SMILES string of the molecule is CCCCCCCCNC(=O)C=CSC(=O)CCC(=O)OCC. The Morgan fingerprint density at radius 1 is 1.00 bits per heavy atom. The Morgan fingerprint density at radius 2 is 1.70 bits per heavy atom. The lowest BCUT2D eigenvalue weighted by Crippen LogP contribution is -2.21. The Morgan fingerprint density at radius 3 is 2.39 bits per heavy atom.